The van der Waals surface area contributed by atoms with Crippen LogP contribution in [0.15, 0.2) is 60.9 Å². The van der Waals surface area contributed by atoms with Gasteiger partial charge in [-0.15, -0.1) is 10.2 Å². The minimum absolute atomic E-state index is 0.0631. The van der Waals surface area contributed by atoms with Crippen LogP contribution < -0.4 is 0 Å². The van der Waals surface area contributed by atoms with Crippen molar-refractivity contribution in [3.63, 3.8) is 0 Å². The van der Waals surface area contributed by atoms with Gasteiger partial charge in [0.1, 0.15) is 17.8 Å². The fourth-order valence-corrected chi connectivity index (χ4v) is 5.39. The fourth-order valence-electron chi connectivity index (χ4n) is 5.39. The van der Waals surface area contributed by atoms with Crippen molar-refractivity contribution in [1.82, 2.24) is 34.4 Å². The van der Waals surface area contributed by atoms with Gasteiger partial charge in [-0.3, -0.25) is 9.48 Å². The van der Waals surface area contributed by atoms with Gasteiger partial charge in [0.25, 0.3) is 5.91 Å². The topological polar surface area (TPSA) is 81.7 Å². The number of pyridine rings is 1. The van der Waals surface area contributed by atoms with Crippen LogP contribution in [-0.4, -0.2) is 46.9 Å². The molecular weight excluding hydrogens is 481 g/mol. The first-order valence-corrected chi connectivity index (χ1v) is 12.9. The third kappa shape index (κ3) is 3.95. The molecule has 4 heterocycles. The van der Waals surface area contributed by atoms with Crippen LogP contribution in [0.25, 0.3) is 33.7 Å². The summed E-state index contributed by atoms with van der Waals surface area (Å²) in [7, 11) is 1.95. The highest BCUT2D eigenvalue weighted by molar-refractivity contribution is 6.07. The Balaban J connectivity index is 1.26. The van der Waals surface area contributed by atoms with Gasteiger partial charge < -0.3 is 9.47 Å². The largest absolute Gasteiger partial charge is 0.334 e. The molecule has 0 radical (unpaired) electrons. The molecule has 2 aliphatic rings. The van der Waals surface area contributed by atoms with Gasteiger partial charge in [0.05, 0.1) is 23.3 Å². The molecule has 1 aliphatic carbocycles. The highest BCUT2D eigenvalue weighted by Crippen LogP contribution is 2.34. The number of aryl methyl sites for hydroxylation is 1. The zero-order valence-electron chi connectivity index (χ0n) is 21.0. The maximum absolute atomic E-state index is 14.1. The van der Waals surface area contributed by atoms with Gasteiger partial charge in [-0.1, -0.05) is 18.2 Å². The number of benzene rings is 2. The molecule has 38 heavy (non-hydrogen) atoms. The molecule has 1 saturated carbocycles. The third-order valence-electron chi connectivity index (χ3n) is 7.60. The van der Waals surface area contributed by atoms with Crippen LogP contribution in [0.1, 0.15) is 34.5 Å². The lowest BCUT2D eigenvalue weighted by atomic mass is 10.0. The van der Waals surface area contributed by atoms with Gasteiger partial charge in [-0.05, 0) is 55.2 Å². The van der Waals surface area contributed by atoms with E-state index >= 15 is 0 Å². The Morgan fingerprint density at radius 1 is 1.11 bits per heavy atom. The van der Waals surface area contributed by atoms with E-state index in [1.54, 1.807) is 18.5 Å². The first kappa shape index (κ1) is 22.8. The Kier molecular flexibility index (Phi) is 5.31. The predicted molar refractivity (Wildman–Crippen MR) is 141 cm³/mol. The minimum atomic E-state index is -0.310. The SMILES string of the molecule is Cn1nc(-c2nncn2CC2CC2)c2c1CCN(C(=O)c1cc(-c3ccc(F)cc3)nc3ccccc13)C2. The molecule has 5 aromatic rings. The standard InChI is InChI=1S/C29H26FN7O/c1-35-26-12-13-36(16-23(26)27(34-35)28-33-31-17-37(28)15-18-6-7-18)29(38)22-14-25(19-8-10-20(30)11-9-19)32-24-5-3-2-4-21(22)24/h2-5,8-11,14,17-18H,6-7,12-13,15-16H2,1H3. The molecule has 3 aromatic heterocycles. The van der Waals surface area contributed by atoms with Crippen LogP contribution in [0.4, 0.5) is 4.39 Å². The Morgan fingerprint density at radius 3 is 2.74 bits per heavy atom. The van der Waals surface area contributed by atoms with Crippen molar-refractivity contribution in [1.29, 1.82) is 0 Å². The zero-order valence-corrected chi connectivity index (χ0v) is 21.0. The molecular formula is C29H26FN7O. The molecule has 0 spiro atoms. The molecule has 0 saturated heterocycles. The second kappa shape index (κ2) is 8.86. The number of para-hydroxylation sites is 1. The molecule has 2 aromatic carbocycles. The quantitative estimate of drug-likeness (QED) is 0.346. The van der Waals surface area contributed by atoms with E-state index in [0.717, 1.165) is 45.8 Å². The maximum atomic E-state index is 14.1. The van der Waals surface area contributed by atoms with E-state index in [-0.39, 0.29) is 11.7 Å². The monoisotopic (exact) mass is 507 g/mol. The molecule has 0 bridgehead atoms. The average molecular weight is 508 g/mol. The average Bonchev–Trinajstić information content (AvgIpc) is 3.55. The van der Waals surface area contributed by atoms with Crippen molar-refractivity contribution in [3.8, 4) is 22.8 Å². The lowest BCUT2D eigenvalue weighted by Crippen LogP contribution is -2.36. The van der Waals surface area contributed by atoms with Crippen molar-refractivity contribution < 1.29 is 9.18 Å². The van der Waals surface area contributed by atoms with Crippen LogP contribution in [0.2, 0.25) is 0 Å². The number of nitrogens with zero attached hydrogens (tertiary/aromatic N) is 7. The number of rotatable bonds is 5. The second-order valence-electron chi connectivity index (χ2n) is 10.2. The molecule has 1 aliphatic heterocycles. The fraction of sp³-hybridized carbons (Fsp3) is 0.276. The molecule has 190 valence electrons. The van der Waals surface area contributed by atoms with Gasteiger partial charge in [-0.2, -0.15) is 5.10 Å². The summed E-state index contributed by atoms with van der Waals surface area (Å²) in [4.78, 5) is 20.7. The smallest absolute Gasteiger partial charge is 0.254 e. The Morgan fingerprint density at radius 2 is 1.92 bits per heavy atom. The Labute approximate surface area is 218 Å². The molecule has 0 N–H and O–H groups in total. The van der Waals surface area contributed by atoms with Crippen molar-refractivity contribution in [3.05, 3.63) is 83.6 Å². The molecule has 0 atom stereocenters. The van der Waals surface area contributed by atoms with Crippen LogP contribution in [0, 0.1) is 11.7 Å². The van der Waals surface area contributed by atoms with Crippen LogP contribution in [0.3, 0.4) is 0 Å². The van der Waals surface area contributed by atoms with Crippen LogP contribution in [0.5, 0.6) is 0 Å². The molecule has 1 fully saturated rings. The van der Waals surface area contributed by atoms with Gasteiger partial charge in [0, 0.05) is 48.8 Å². The van der Waals surface area contributed by atoms with E-state index in [1.165, 1.54) is 25.0 Å². The van der Waals surface area contributed by atoms with Gasteiger partial charge >= 0.3 is 0 Å². The second-order valence-corrected chi connectivity index (χ2v) is 10.2. The Bertz CT molecular complexity index is 1680. The van der Waals surface area contributed by atoms with E-state index in [1.807, 2.05) is 47.0 Å². The summed E-state index contributed by atoms with van der Waals surface area (Å²) >= 11 is 0. The first-order chi connectivity index (χ1) is 18.5. The highest BCUT2D eigenvalue weighted by Gasteiger charge is 2.31. The van der Waals surface area contributed by atoms with Crippen LogP contribution in [-0.2, 0) is 26.6 Å². The maximum Gasteiger partial charge on any atom is 0.254 e. The highest BCUT2D eigenvalue weighted by atomic mass is 19.1. The van der Waals surface area contributed by atoms with E-state index < -0.39 is 0 Å². The van der Waals surface area contributed by atoms with Gasteiger partial charge in [-0.25, -0.2) is 9.37 Å². The van der Waals surface area contributed by atoms with Crippen LogP contribution >= 0.6 is 0 Å². The predicted octanol–water partition coefficient (Wildman–Crippen LogP) is 4.64. The lowest BCUT2D eigenvalue weighted by molar-refractivity contribution is 0.0735. The summed E-state index contributed by atoms with van der Waals surface area (Å²) in [6.45, 7) is 1.92. The molecule has 0 unspecified atom stereocenters. The van der Waals surface area contributed by atoms with Gasteiger partial charge in [0.2, 0.25) is 0 Å². The van der Waals surface area contributed by atoms with Crippen molar-refractivity contribution in [2.75, 3.05) is 6.54 Å². The molecule has 8 nitrogen and oxygen atoms in total. The summed E-state index contributed by atoms with van der Waals surface area (Å²) in [5.74, 6) is 1.07. The number of fused-ring (bicyclic) bond motifs is 2. The van der Waals surface area contributed by atoms with E-state index in [4.69, 9.17) is 10.1 Å². The number of hydrogen-bond acceptors (Lipinski definition) is 5. The zero-order chi connectivity index (χ0) is 25.8. The summed E-state index contributed by atoms with van der Waals surface area (Å²) in [6, 6.07) is 15.7. The Hall–Kier alpha value is -4.40. The number of aromatic nitrogens is 6. The molecule has 9 heteroatoms. The number of halogens is 1. The normalized spacial score (nSPS) is 15.2. The van der Waals surface area contributed by atoms with Crippen molar-refractivity contribution in [2.24, 2.45) is 13.0 Å². The van der Waals surface area contributed by atoms with E-state index in [9.17, 15) is 9.18 Å². The van der Waals surface area contributed by atoms with E-state index in [0.29, 0.717) is 36.7 Å². The summed E-state index contributed by atoms with van der Waals surface area (Å²) in [5.41, 5.74) is 5.65. The lowest BCUT2D eigenvalue weighted by Gasteiger charge is -2.28. The first-order valence-electron chi connectivity index (χ1n) is 12.9. The number of amides is 1. The third-order valence-corrected chi connectivity index (χ3v) is 7.60. The van der Waals surface area contributed by atoms with E-state index in [2.05, 4.69) is 14.8 Å². The van der Waals surface area contributed by atoms with Crippen molar-refractivity contribution in [2.45, 2.75) is 32.4 Å². The number of hydrogen-bond donors (Lipinski definition) is 0. The van der Waals surface area contributed by atoms with Crippen molar-refractivity contribution >= 4 is 16.8 Å². The number of carbonyl (C=O) groups excluding carboxylic acids is 1. The molecule has 7 rings (SSSR count). The molecule has 1 amide bonds. The summed E-state index contributed by atoms with van der Waals surface area (Å²) < 4.78 is 17.6. The number of carbonyl (C=O) groups is 1. The minimum Gasteiger partial charge on any atom is -0.334 e. The van der Waals surface area contributed by atoms with Gasteiger partial charge in [0.15, 0.2) is 5.82 Å². The summed E-state index contributed by atoms with van der Waals surface area (Å²) in [6.07, 6.45) is 4.95. The summed E-state index contributed by atoms with van der Waals surface area (Å²) in [5, 5.41) is 14.2.